The molecule has 0 unspecified atom stereocenters. The lowest BCUT2D eigenvalue weighted by Crippen LogP contribution is -2.13. The summed E-state index contributed by atoms with van der Waals surface area (Å²) in [7, 11) is 0. The van der Waals surface area contributed by atoms with Crippen molar-refractivity contribution in [3.8, 4) is 0 Å². The van der Waals surface area contributed by atoms with Crippen LogP contribution in [0.1, 0.15) is 38.5 Å². The molecule has 0 aliphatic heterocycles. The van der Waals surface area contributed by atoms with Gasteiger partial charge in [-0.05, 0) is 12.3 Å². The van der Waals surface area contributed by atoms with E-state index >= 15 is 0 Å². The summed E-state index contributed by atoms with van der Waals surface area (Å²) < 4.78 is 0. The molecule has 0 aromatic carbocycles. The van der Waals surface area contributed by atoms with Crippen LogP contribution in [0.5, 0.6) is 0 Å². The van der Waals surface area contributed by atoms with Crippen molar-refractivity contribution in [2.75, 3.05) is 0 Å². The second kappa shape index (κ2) is 5.19. The molecule has 0 saturated heterocycles. The topological polar surface area (TPSA) is 38.0 Å². The third kappa shape index (κ3) is 3.42. The van der Waals surface area contributed by atoms with E-state index in [1.54, 1.807) is 0 Å². The molecule has 1 aliphatic carbocycles. The number of allylic oxidation sites excluding steroid dienone is 1. The second-order valence-electron chi connectivity index (χ2n) is 3.31. The molecule has 1 saturated carbocycles. The molecular formula is C9H18N2. The molecule has 1 rings (SSSR count). The molecule has 0 bridgehead atoms. The Morgan fingerprint density at radius 2 is 2.00 bits per heavy atom. The molecule has 0 atom stereocenters. The fraction of sp³-hybridized carbons (Fsp3) is 0.778. The maximum Gasteiger partial charge on any atom is 0.00827 e. The molecule has 0 spiro atoms. The summed E-state index contributed by atoms with van der Waals surface area (Å²) in [6, 6.07) is 0. The van der Waals surface area contributed by atoms with Gasteiger partial charge in [-0.2, -0.15) is 0 Å². The summed E-state index contributed by atoms with van der Waals surface area (Å²) in [6.07, 6.45) is 12.3. The summed E-state index contributed by atoms with van der Waals surface area (Å²) in [5.74, 6) is 6.03. The van der Waals surface area contributed by atoms with Gasteiger partial charge in [0.25, 0.3) is 0 Å². The summed E-state index contributed by atoms with van der Waals surface area (Å²) >= 11 is 0. The van der Waals surface area contributed by atoms with Crippen molar-refractivity contribution in [2.24, 2.45) is 11.8 Å². The van der Waals surface area contributed by atoms with E-state index in [0.29, 0.717) is 0 Å². The van der Waals surface area contributed by atoms with Crippen LogP contribution in [0.15, 0.2) is 12.3 Å². The Kier molecular flexibility index (Phi) is 4.06. The van der Waals surface area contributed by atoms with E-state index in [2.05, 4.69) is 11.5 Å². The maximum absolute atomic E-state index is 5.11. The number of nitrogens with one attached hydrogen (secondary N) is 1. The Balaban J connectivity index is 2.09. The van der Waals surface area contributed by atoms with Crippen molar-refractivity contribution in [3.05, 3.63) is 12.3 Å². The van der Waals surface area contributed by atoms with Crippen LogP contribution in [0.3, 0.4) is 0 Å². The predicted molar refractivity (Wildman–Crippen MR) is 47.7 cm³/mol. The lowest BCUT2D eigenvalue weighted by molar-refractivity contribution is 0.361. The average molecular weight is 154 g/mol. The molecule has 0 aromatic rings. The van der Waals surface area contributed by atoms with Gasteiger partial charge in [-0.25, -0.2) is 0 Å². The maximum atomic E-state index is 5.11. The monoisotopic (exact) mass is 154 g/mol. The smallest absolute Gasteiger partial charge is 0.00827 e. The molecule has 11 heavy (non-hydrogen) atoms. The largest absolute Gasteiger partial charge is 0.332 e. The molecule has 0 amide bonds. The highest BCUT2D eigenvalue weighted by molar-refractivity contribution is 4.81. The highest BCUT2D eigenvalue weighted by atomic mass is 15.2. The van der Waals surface area contributed by atoms with Crippen LogP contribution < -0.4 is 11.3 Å². The van der Waals surface area contributed by atoms with Gasteiger partial charge in [0.15, 0.2) is 0 Å². The van der Waals surface area contributed by atoms with Crippen LogP contribution in [0.25, 0.3) is 0 Å². The minimum Gasteiger partial charge on any atom is -0.332 e. The number of rotatable bonds is 3. The first-order valence-corrected chi connectivity index (χ1v) is 4.54. The van der Waals surface area contributed by atoms with Gasteiger partial charge < -0.3 is 5.43 Å². The van der Waals surface area contributed by atoms with Gasteiger partial charge in [0.2, 0.25) is 0 Å². The van der Waals surface area contributed by atoms with Crippen LogP contribution in [0.4, 0.5) is 0 Å². The van der Waals surface area contributed by atoms with Crippen molar-refractivity contribution >= 4 is 0 Å². The van der Waals surface area contributed by atoms with Crippen molar-refractivity contribution in [1.82, 2.24) is 5.43 Å². The molecular weight excluding hydrogens is 136 g/mol. The number of hydrogen-bond acceptors (Lipinski definition) is 2. The van der Waals surface area contributed by atoms with E-state index in [-0.39, 0.29) is 0 Å². The van der Waals surface area contributed by atoms with Crippen molar-refractivity contribution < 1.29 is 0 Å². The summed E-state index contributed by atoms with van der Waals surface area (Å²) in [5.41, 5.74) is 2.53. The van der Waals surface area contributed by atoms with Gasteiger partial charge in [0.1, 0.15) is 0 Å². The Morgan fingerprint density at radius 3 is 2.64 bits per heavy atom. The first-order chi connectivity index (χ1) is 5.43. The number of hydrazine groups is 1. The minimum atomic E-state index is 0.924. The normalized spacial score (nSPS) is 20.8. The van der Waals surface area contributed by atoms with E-state index in [4.69, 9.17) is 5.84 Å². The fourth-order valence-electron chi connectivity index (χ4n) is 1.75. The third-order valence-electron chi connectivity index (χ3n) is 2.41. The zero-order valence-electron chi connectivity index (χ0n) is 7.05. The summed E-state index contributed by atoms with van der Waals surface area (Å²) in [5, 5.41) is 0. The summed E-state index contributed by atoms with van der Waals surface area (Å²) in [4.78, 5) is 0. The quantitative estimate of drug-likeness (QED) is 0.481. The number of nitrogens with two attached hydrogens (primary N) is 1. The van der Waals surface area contributed by atoms with E-state index < -0.39 is 0 Å². The van der Waals surface area contributed by atoms with Gasteiger partial charge in [-0.15, -0.1) is 0 Å². The predicted octanol–water partition coefficient (Wildman–Crippen LogP) is 1.93. The molecule has 1 aliphatic rings. The Bertz CT molecular complexity index is 115. The van der Waals surface area contributed by atoms with E-state index in [9.17, 15) is 0 Å². The van der Waals surface area contributed by atoms with Gasteiger partial charge in [-0.1, -0.05) is 38.2 Å². The zero-order chi connectivity index (χ0) is 7.94. The molecule has 0 aromatic heterocycles. The molecule has 2 nitrogen and oxygen atoms in total. The van der Waals surface area contributed by atoms with Crippen molar-refractivity contribution in [3.63, 3.8) is 0 Å². The Hall–Kier alpha value is -0.500. The average Bonchev–Trinajstić information content (AvgIpc) is 2.07. The first kappa shape index (κ1) is 8.60. The number of hydrogen-bond donors (Lipinski definition) is 2. The Labute approximate surface area is 68.8 Å². The van der Waals surface area contributed by atoms with E-state index in [1.807, 2.05) is 6.20 Å². The van der Waals surface area contributed by atoms with Crippen LogP contribution >= 0.6 is 0 Å². The van der Waals surface area contributed by atoms with Gasteiger partial charge in [-0.3, -0.25) is 5.84 Å². The zero-order valence-corrected chi connectivity index (χ0v) is 7.05. The van der Waals surface area contributed by atoms with Gasteiger partial charge in [0.05, 0.1) is 0 Å². The van der Waals surface area contributed by atoms with Crippen LogP contribution in [-0.4, -0.2) is 0 Å². The minimum absolute atomic E-state index is 0.924. The molecule has 0 heterocycles. The van der Waals surface area contributed by atoms with E-state index in [0.717, 1.165) is 5.92 Å². The lowest BCUT2D eigenvalue weighted by Gasteiger charge is -2.19. The van der Waals surface area contributed by atoms with Crippen molar-refractivity contribution in [2.45, 2.75) is 38.5 Å². The molecule has 64 valence electrons. The van der Waals surface area contributed by atoms with Crippen molar-refractivity contribution in [1.29, 1.82) is 0 Å². The van der Waals surface area contributed by atoms with Crippen LogP contribution in [0.2, 0.25) is 0 Å². The standard InChI is InChI=1S/C9H18N2/c10-11-8-4-7-9-5-2-1-3-6-9/h4,8-9,11H,1-3,5-7,10H2. The molecule has 1 fully saturated rings. The highest BCUT2D eigenvalue weighted by Crippen LogP contribution is 2.26. The second-order valence-corrected chi connectivity index (χ2v) is 3.31. The van der Waals surface area contributed by atoms with Crippen LogP contribution in [0, 0.1) is 5.92 Å². The molecule has 0 radical (unpaired) electrons. The fourth-order valence-corrected chi connectivity index (χ4v) is 1.75. The van der Waals surface area contributed by atoms with Gasteiger partial charge in [0, 0.05) is 6.20 Å². The van der Waals surface area contributed by atoms with E-state index in [1.165, 1.54) is 38.5 Å². The highest BCUT2D eigenvalue weighted by Gasteiger charge is 2.10. The molecule has 2 heteroatoms. The third-order valence-corrected chi connectivity index (χ3v) is 2.41. The van der Waals surface area contributed by atoms with Crippen LogP contribution in [-0.2, 0) is 0 Å². The lowest BCUT2D eigenvalue weighted by atomic mass is 9.87. The molecule has 3 N–H and O–H groups in total. The first-order valence-electron chi connectivity index (χ1n) is 4.54. The SMILES string of the molecule is NNC=CCC1CCCCC1. The Morgan fingerprint density at radius 1 is 1.27 bits per heavy atom. The summed E-state index contributed by atoms with van der Waals surface area (Å²) in [6.45, 7) is 0. The van der Waals surface area contributed by atoms with Gasteiger partial charge >= 0.3 is 0 Å².